The SMILES string of the molecule is CCOC(=O)[C@H]1CCO[C@H]1C(F)F. The van der Waals surface area contributed by atoms with Crippen LogP contribution in [-0.4, -0.2) is 31.7 Å². The minimum absolute atomic E-state index is 0.207. The van der Waals surface area contributed by atoms with E-state index in [1.54, 1.807) is 6.92 Å². The monoisotopic (exact) mass is 194 g/mol. The van der Waals surface area contributed by atoms with Crippen molar-refractivity contribution in [1.82, 2.24) is 0 Å². The highest BCUT2D eigenvalue weighted by molar-refractivity contribution is 5.73. The van der Waals surface area contributed by atoms with Crippen LogP contribution in [0.25, 0.3) is 0 Å². The van der Waals surface area contributed by atoms with Crippen LogP contribution in [0.5, 0.6) is 0 Å². The molecule has 0 amide bonds. The normalized spacial score (nSPS) is 28.0. The van der Waals surface area contributed by atoms with Crippen molar-refractivity contribution in [2.45, 2.75) is 25.9 Å². The van der Waals surface area contributed by atoms with Crippen molar-refractivity contribution >= 4 is 5.97 Å². The fraction of sp³-hybridized carbons (Fsp3) is 0.875. The van der Waals surface area contributed by atoms with Gasteiger partial charge in [-0.1, -0.05) is 0 Å². The van der Waals surface area contributed by atoms with Crippen molar-refractivity contribution in [1.29, 1.82) is 0 Å². The maximum absolute atomic E-state index is 12.3. The molecule has 1 heterocycles. The van der Waals surface area contributed by atoms with Gasteiger partial charge < -0.3 is 9.47 Å². The fourth-order valence-electron chi connectivity index (χ4n) is 1.36. The maximum Gasteiger partial charge on any atom is 0.311 e. The van der Waals surface area contributed by atoms with Gasteiger partial charge in [-0.05, 0) is 13.3 Å². The minimum Gasteiger partial charge on any atom is -0.466 e. The quantitative estimate of drug-likeness (QED) is 0.633. The summed E-state index contributed by atoms with van der Waals surface area (Å²) in [7, 11) is 0. The molecule has 1 aliphatic rings. The Kier molecular flexibility index (Phi) is 3.59. The number of hydrogen-bond acceptors (Lipinski definition) is 3. The molecule has 1 rings (SSSR count). The molecule has 0 aromatic rings. The molecular formula is C8H12F2O3. The van der Waals surface area contributed by atoms with Gasteiger partial charge in [-0.2, -0.15) is 0 Å². The van der Waals surface area contributed by atoms with Gasteiger partial charge in [-0.25, -0.2) is 8.78 Å². The molecule has 1 aliphatic heterocycles. The van der Waals surface area contributed by atoms with Crippen LogP contribution in [0.15, 0.2) is 0 Å². The third kappa shape index (κ3) is 2.37. The number of carbonyl (C=O) groups excluding carboxylic acids is 1. The molecule has 0 aromatic heterocycles. The first-order chi connectivity index (χ1) is 6.16. The summed E-state index contributed by atoms with van der Waals surface area (Å²) >= 11 is 0. The van der Waals surface area contributed by atoms with Gasteiger partial charge in [0.25, 0.3) is 6.43 Å². The van der Waals surface area contributed by atoms with Crippen molar-refractivity contribution in [3.8, 4) is 0 Å². The molecule has 76 valence electrons. The molecule has 0 radical (unpaired) electrons. The second kappa shape index (κ2) is 4.50. The van der Waals surface area contributed by atoms with Crippen molar-refractivity contribution in [3.05, 3.63) is 0 Å². The van der Waals surface area contributed by atoms with Crippen molar-refractivity contribution in [3.63, 3.8) is 0 Å². The first-order valence-corrected chi connectivity index (χ1v) is 4.23. The second-order valence-electron chi connectivity index (χ2n) is 2.82. The Morgan fingerprint density at radius 2 is 2.38 bits per heavy atom. The average Bonchev–Trinajstić information content (AvgIpc) is 2.52. The van der Waals surface area contributed by atoms with Crippen LogP contribution in [-0.2, 0) is 14.3 Å². The fourth-order valence-corrected chi connectivity index (χ4v) is 1.36. The Hall–Kier alpha value is -0.710. The van der Waals surface area contributed by atoms with E-state index in [4.69, 9.17) is 4.74 Å². The van der Waals surface area contributed by atoms with Crippen LogP contribution < -0.4 is 0 Å². The summed E-state index contributed by atoms with van der Waals surface area (Å²) in [6.07, 6.45) is -3.57. The Morgan fingerprint density at radius 1 is 1.69 bits per heavy atom. The van der Waals surface area contributed by atoms with Gasteiger partial charge >= 0.3 is 5.97 Å². The summed E-state index contributed by atoms with van der Waals surface area (Å²) in [6, 6.07) is 0. The predicted molar refractivity (Wildman–Crippen MR) is 40.5 cm³/mol. The smallest absolute Gasteiger partial charge is 0.311 e. The number of halogens is 2. The number of esters is 1. The van der Waals surface area contributed by atoms with E-state index < -0.39 is 24.4 Å². The summed E-state index contributed by atoms with van der Waals surface area (Å²) in [5, 5.41) is 0. The van der Waals surface area contributed by atoms with E-state index in [0.717, 1.165) is 0 Å². The third-order valence-corrected chi connectivity index (χ3v) is 1.97. The van der Waals surface area contributed by atoms with Gasteiger partial charge in [0.2, 0.25) is 0 Å². The Balaban J connectivity index is 2.52. The van der Waals surface area contributed by atoms with Crippen molar-refractivity contribution in [2.75, 3.05) is 13.2 Å². The van der Waals surface area contributed by atoms with Crippen LogP contribution >= 0.6 is 0 Å². The van der Waals surface area contributed by atoms with Gasteiger partial charge in [0.1, 0.15) is 6.10 Å². The molecule has 0 aromatic carbocycles. The Morgan fingerprint density at radius 3 is 2.92 bits per heavy atom. The van der Waals surface area contributed by atoms with Crippen molar-refractivity contribution in [2.24, 2.45) is 5.92 Å². The molecule has 0 saturated carbocycles. The number of ether oxygens (including phenoxy) is 2. The Labute approximate surface area is 75.0 Å². The first-order valence-electron chi connectivity index (χ1n) is 4.23. The number of hydrogen-bond donors (Lipinski definition) is 0. The van der Waals surface area contributed by atoms with Gasteiger partial charge in [-0.15, -0.1) is 0 Å². The van der Waals surface area contributed by atoms with Crippen LogP contribution in [0.4, 0.5) is 8.78 Å². The highest BCUT2D eigenvalue weighted by Crippen LogP contribution is 2.26. The molecule has 3 nitrogen and oxygen atoms in total. The van der Waals surface area contributed by atoms with Crippen LogP contribution in [0.1, 0.15) is 13.3 Å². The lowest BCUT2D eigenvalue weighted by Crippen LogP contribution is -2.31. The highest BCUT2D eigenvalue weighted by atomic mass is 19.3. The van der Waals surface area contributed by atoms with Gasteiger partial charge in [0.05, 0.1) is 12.5 Å². The molecule has 0 unspecified atom stereocenters. The summed E-state index contributed by atoms with van der Waals surface area (Å²) < 4.78 is 33.9. The molecule has 1 fully saturated rings. The molecule has 0 aliphatic carbocycles. The van der Waals surface area contributed by atoms with Crippen molar-refractivity contribution < 1.29 is 23.0 Å². The van der Waals surface area contributed by atoms with Gasteiger partial charge in [0.15, 0.2) is 0 Å². The van der Waals surface area contributed by atoms with Crippen LogP contribution in [0, 0.1) is 5.92 Å². The van der Waals surface area contributed by atoms with E-state index in [1.807, 2.05) is 0 Å². The lowest BCUT2D eigenvalue weighted by molar-refractivity contribution is -0.153. The lowest BCUT2D eigenvalue weighted by Gasteiger charge is -2.15. The molecule has 0 N–H and O–H groups in total. The average molecular weight is 194 g/mol. The topological polar surface area (TPSA) is 35.5 Å². The number of carbonyl (C=O) groups is 1. The second-order valence-corrected chi connectivity index (χ2v) is 2.82. The lowest BCUT2D eigenvalue weighted by atomic mass is 10.0. The zero-order chi connectivity index (χ0) is 9.84. The predicted octanol–water partition coefficient (Wildman–Crippen LogP) is 1.22. The van der Waals surface area contributed by atoms with Crippen LogP contribution in [0.2, 0.25) is 0 Å². The summed E-state index contributed by atoms with van der Waals surface area (Å²) in [6.45, 7) is 2.06. The van der Waals surface area contributed by atoms with Gasteiger partial charge in [0, 0.05) is 6.61 Å². The highest BCUT2D eigenvalue weighted by Gasteiger charge is 2.40. The van der Waals surface area contributed by atoms with E-state index in [9.17, 15) is 13.6 Å². The van der Waals surface area contributed by atoms with Crippen LogP contribution in [0.3, 0.4) is 0 Å². The van der Waals surface area contributed by atoms with E-state index in [2.05, 4.69) is 4.74 Å². The van der Waals surface area contributed by atoms with Gasteiger partial charge in [-0.3, -0.25) is 4.79 Å². The number of alkyl halides is 2. The maximum atomic E-state index is 12.3. The molecule has 13 heavy (non-hydrogen) atoms. The zero-order valence-corrected chi connectivity index (χ0v) is 7.33. The number of rotatable bonds is 3. The van der Waals surface area contributed by atoms with E-state index >= 15 is 0 Å². The molecule has 5 heteroatoms. The molecule has 1 saturated heterocycles. The largest absolute Gasteiger partial charge is 0.466 e. The first kappa shape index (κ1) is 10.4. The van der Waals surface area contributed by atoms with E-state index in [0.29, 0.717) is 6.42 Å². The third-order valence-electron chi connectivity index (χ3n) is 1.97. The summed E-state index contributed by atoms with van der Waals surface area (Å²) in [5.41, 5.74) is 0. The molecule has 2 atom stereocenters. The molecule has 0 spiro atoms. The summed E-state index contributed by atoms with van der Waals surface area (Å²) in [4.78, 5) is 11.1. The standard InChI is InChI=1S/C8H12F2O3/c1-2-12-8(11)5-3-4-13-6(5)7(9)10/h5-7H,2-4H2,1H3/t5-,6+/m0/s1. The molecule has 0 bridgehead atoms. The molecular weight excluding hydrogens is 182 g/mol. The Bertz CT molecular complexity index is 184. The summed E-state index contributed by atoms with van der Waals surface area (Å²) in [5.74, 6) is -1.37. The zero-order valence-electron chi connectivity index (χ0n) is 7.33. The minimum atomic E-state index is -2.61. The van der Waals surface area contributed by atoms with E-state index in [1.165, 1.54) is 0 Å². The van der Waals surface area contributed by atoms with E-state index in [-0.39, 0.29) is 13.2 Å².